The Kier molecular flexibility index (Phi) is 3.34. The van der Waals surface area contributed by atoms with Gasteiger partial charge in [-0.25, -0.2) is 4.98 Å². The zero-order chi connectivity index (χ0) is 16.1. The molecule has 0 fully saturated rings. The zero-order valence-corrected chi connectivity index (χ0v) is 12.2. The Hall–Kier alpha value is -1.79. The number of nitrogens with one attached hydrogen (secondary N) is 1. The first kappa shape index (κ1) is 15.1. The summed E-state index contributed by atoms with van der Waals surface area (Å²) in [7, 11) is 0. The lowest BCUT2D eigenvalue weighted by Gasteiger charge is -2.20. The molecule has 3 rings (SSSR count). The second kappa shape index (κ2) is 4.86. The van der Waals surface area contributed by atoms with Crippen molar-refractivity contribution >= 4 is 34.8 Å². The summed E-state index contributed by atoms with van der Waals surface area (Å²) in [6, 6.07) is 5.84. The fourth-order valence-corrected chi connectivity index (χ4v) is 2.86. The normalized spacial score (nSPS) is 20.7. The molecule has 1 aliphatic heterocycles. The minimum absolute atomic E-state index is 0.0303. The van der Waals surface area contributed by atoms with E-state index >= 15 is 0 Å². The quantitative estimate of drug-likeness (QED) is 0.621. The number of carbonyl (C=O) groups is 1. The fourth-order valence-electron chi connectivity index (χ4n) is 2.36. The van der Waals surface area contributed by atoms with Gasteiger partial charge in [-0.2, -0.15) is 13.2 Å². The highest BCUT2D eigenvalue weighted by Gasteiger charge is 2.48. The van der Waals surface area contributed by atoms with E-state index in [0.29, 0.717) is 5.56 Å². The fraction of sp³-hybridized carbons (Fsp3) is 0.143. The van der Waals surface area contributed by atoms with E-state index in [0.717, 1.165) is 12.1 Å². The van der Waals surface area contributed by atoms with E-state index in [1.165, 1.54) is 24.4 Å². The molecule has 0 saturated carbocycles. The molecule has 1 atom stereocenters. The number of benzene rings is 1. The molecule has 1 aromatic carbocycles. The second-order valence-electron chi connectivity index (χ2n) is 4.74. The van der Waals surface area contributed by atoms with Crippen LogP contribution in [-0.2, 0) is 15.8 Å². The van der Waals surface area contributed by atoms with Crippen molar-refractivity contribution in [3.8, 4) is 0 Å². The Morgan fingerprint density at radius 1 is 1.18 bits per heavy atom. The molecule has 2 aromatic rings. The van der Waals surface area contributed by atoms with E-state index in [9.17, 15) is 18.0 Å². The van der Waals surface area contributed by atoms with Crippen LogP contribution in [0.4, 0.5) is 18.9 Å². The van der Waals surface area contributed by atoms with Gasteiger partial charge in [-0.1, -0.05) is 29.3 Å². The molecule has 1 aliphatic rings. The number of carbonyl (C=O) groups excluding carboxylic acids is 1. The maximum absolute atomic E-state index is 12.8. The molecule has 8 heteroatoms. The second-order valence-corrected chi connectivity index (χ2v) is 5.69. The molecule has 0 radical (unpaired) electrons. The summed E-state index contributed by atoms with van der Waals surface area (Å²) in [4.78, 5) is 14.4. The van der Waals surface area contributed by atoms with Crippen molar-refractivity contribution < 1.29 is 18.0 Å². The topological polar surface area (TPSA) is 42.0 Å². The number of pyridine rings is 1. The number of fused-ring (bicyclic) bond motifs is 1. The van der Waals surface area contributed by atoms with Crippen molar-refractivity contribution in [3.05, 3.63) is 58.4 Å². The highest BCUT2D eigenvalue weighted by atomic mass is 35.5. The van der Waals surface area contributed by atoms with Crippen LogP contribution in [0.3, 0.4) is 0 Å². The Morgan fingerprint density at radius 3 is 2.55 bits per heavy atom. The maximum Gasteiger partial charge on any atom is 0.416 e. The monoisotopic (exact) mass is 346 g/mol. The summed E-state index contributed by atoms with van der Waals surface area (Å²) in [5, 5.41) is 2.51. The maximum atomic E-state index is 12.8. The average Bonchev–Trinajstić information content (AvgIpc) is 2.70. The number of hydrogen-bond donors (Lipinski definition) is 1. The molecule has 0 bridgehead atoms. The molecule has 0 aliphatic carbocycles. The van der Waals surface area contributed by atoms with E-state index in [4.69, 9.17) is 23.2 Å². The minimum Gasteiger partial charge on any atom is -0.324 e. The minimum atomic E-state index is -4.50. The van der Waals surface area contributed by atoms with E-state index in [2.05, 4.69) is 10.3 Å². The number of nitrogens with zero attached hydrogens (tertiary/aromatic N) is 1. The predicted molar refractivity (Wildman–Crippen MR) is 76.0 cm³/mol. The van der Waals surface area contributed by atoms with Gasteiger partial charge in [-0.3, -0.25) is 4.79 Å². The van der Waals surface area contributed by atoms with Crippen molar-refractivity contribution in [3.63, 3.8) is 0 Å². The van der Waals surface area contributed by atoms with E-state index < -0.39 is 22.5 Å². The first-order valence-electron chi connectivity index (χ1n) is 6.07. The zero-order valence-electron chi connectivity index (χ0n) is 10.7. The molecule has 1 aromatic heterocycles. The molecule has 1 N–H and O–H groups in total. The lowest BCUT2D eigenvalue weighted by molar-refractivity contribution is -0.137. The summed E-state index contributed by atoms with van der Waals surface area (Å²) in [5.41, 5.74) is -0.248. The summed E-state index contributed by atoms with van der Waals surface area (Å²) in [6.45, 7) is 0. The number of aromatic nitrogens is 1. The summed E-state index contributed by atoms with van der Waals surface area (Å²) >= 11 is 12.2. The van der Waals surface area contributed by atoms with Crippen LogP contribution in [0.15, 0.2) is 36.5 Å². The van der Waals surface area contributed by atoms with Crippen LogP contribution in [0, 0.1) is 0 Å². The lowest BCUT2D eigenvalue weighted by atomic mass is 9.91. The van der Waals surface area contributed by atoms with Crippen LogP contribution >= 0.6 is 23.2 Å². The molecular weight excluding hydrogens is 340 g/mol. The van der Waals surface area contributed by atoms with E-state index in [1.54, 1.807) is 0 Å². The standard InChI is InChI=1S/C14H7Cl2F3N2O/c15-11-6-7(3-4-20-11)13(16)9-2-1-8(14(17,18)19)5-10(9)21-12(13)22/h1-6H,(H,21,22). The third kappa shape index (κ3) is 2.23. The number of alkyl halides is 4. The van der Waals surface area contributed by atoms with Gasteiger partial charge < -0.3 is 5.32 Å². The molecule has 0 spiro atoms. The summed E-state index contributed by atoms with van der Waals surface area (Å²) in [5.74, 6) is -0.634. The summed E-state index contributed by atoms with van der Waals surface area (Å²) in [6.07, 6.45) is -3.13. The Morgan fingerprint density at radius 2 is 1.91 bits per heavy atom. The first-order chi connectivity index (χ1) is 10.2. The van der Waals surface area contributed by atoms with Gasteiger partial charge in [0.25, 0.3) is 5.91 Å². The highest BCUT2D eigenvalue weighted by Crippen LogP contribution is 2.47. The van der Waals surface area contributed by atoms with Crippen LogP contribution < -0.4 is 5.32 Å². The van der Waals surface area contributed by atoms with Crippen molar-refractivity contribution in [2.75, 3.05) is 5.32 Å². The number of halogens is 5. The number of amides is 1. The molecular formula is C14H7Cl2F3N2O. The molecule has 114 valence electrons. The Balaban J connectivity index is 2.16. The van der Waals surface area contributed by atoms with E-state index in [-0.39, 0.29) is 16.4 Å². The third-order valence-corrected chi connectivity index (χ3v) is 4.20. The largest absolute Gasteiger partial charge is 0.416 e. The van der Waals surface area contributed by atoms with Gasteiger partial charge in [-0.15, -0.1) is 0 Å². The van der Waals surface area contributed by atoms with Gasteiger partial charge in [0.15, 0.2) is 4.87 Å². The van der Waals surface area contributed by atoms with Crippen LogP contribution in [0.25, 0.3) is 0 Å². The predicted octanol–water partition coefficient (Wildman–Crippen LogP) is 4.19. The van der Waals surface area contributed by atoms with Gasteiger partial charge in [0.2, 0.25) is 0 Å². The molecule has 1 unspecified atom stereocenters. The molecule has 2 heterocycles. The van der Waals surface area contributed by atoms with Gasteiger partial charge in [-0.05, 0) is 29.8 Å². The van der Waals surface area contributed by atoms with Gasteiger partial charge in [0.05, 0.1) is 5.56 Å². The highest BCUT2D eigenvalue weighted by molar-refractivity contribution is 6.41. The summed E-state index contributed by atoms with van der Waals surface area (Å²) < 4.78 is 38.3. The smallest absolute Gasteiger partial charge is 0.324 e. The molecule has 3 nitrogen and oxygen atoms in total. The SMILES string of the molecule is O=C1Nc2cc(C(F)(F)F)ccc2C1(Cl)c1ccnc(Cl)c1. The molecule has 22 heavy (non-hydrogen) atoms. The van der Waals surface area contributed by atoms with Crippen molar-refractivity contribution in [2.24, 2.45) is 0 Å². The average molecular weight is 347 g/mol. The van der Waals surface area contributed by atoms with Gasteiger partial charge >= 0.3 is 6.18 Å². The molecule has 1 amide bonds. The Labute approximate surface area is 133 Å². The van der Waals surface area contributed by atoms with E-state index in [1.807, 2.05) is 0 Å². The van der Waals surface area contributed by atoms with Crippen LogP contribution in [-0.4, -0.2) is 10.9 Å². The van der Waals surface area contributed by atoms with Crippen molar-refractivity contribution in [1.82, 2.24) is 4.98 Å². The lowest BCUT2D eigenvalue weighted by Crippen LogP contribution is -2.29. The van der Waals surface area contributed by atoms with Crippen LogP contribution in [0.5, 0.6) is 0 Å². The number of hydrogen-bond acceptors (Lipinski definition) is 2. The van der Waals surface area contributed by atoms with Gasteiger partial charge in [0.1, 0.15) is 5.15 Å². The third-order valence-electron chi connectivity index (χ3n) is 3.40. The van der Waals surface area contributed by atoms with Crippen molar-refractivity contribution in [1.29, 1.82) is 0 Å². The van der Waals surface area contributed by atoms with Crippen molar-refractivity contribution in [2.45, 2.75) is 11.1 Å². The van der Waals surface area contributed by atoms with Crippen LogP contribution in [0.2, 0.25) is 5.15 Å². The number of rotatable bonds is 1. The van der Waals surface area contributed by atoms with Gasteiger partial charge in [0, 0.05) is 17.4 Å². The Bertz CT molecular complexity index is 779. The molecule has 0 saturated heterocycles. The van der Waals surface area contributed by atoms with Crippen LogP contribution in [0.1, 0.15) is 16.7 Å². The first-order valence-corrected chi connectivity index (χ1v) is 6.82. The number of anilines is 1.